The number of rotatable bonds is 5. The quantitative estimate of drug-likeness (QED) is 0.685. The first-order valence-corrected chi connectivity index (χ1v) is 10.3. The minimum atomic E-state index is -0.346. The van der Waals surface area contributed by atoms with Crippen LogP contribution < -0.4 is 15.6 Å². The van der Waals surface area contributed by atoms with E-state index < -0.39 is 0 Å². The van der Waals surface area contributed by atoms with Gasteiger partial charge in [0.1, 0.15) is 12.3 Å². The van der Waals surface area contributed by atoms with Crippen LogP contribution in [-0.4, -0.2) is 46.5 Å². The number of anilines is 1. The lowest BCUT2D eigenvalue weighted by Crippen LogP contribution is -2.39. The molecule has 2 heterocycles. The summed E-state index contributed by atoms with van der Waals surface area (Å²) in [6.07, 6.45) is 4.52. The third kappa shape index (κ3) is 4.42. The summed E-state index contributed by atoms with van der Waals surface area (Å²) in [6.45, 7) is 1.42. The van der Waals surface area contributed by atoms with Gasteiger partial charge in [-0.1, -0.05) is 12.1 Å². The molecule has 1 fully saturated rings. The zero-order chi connectivity index (χ0) is 21.8. The third-order valence-electron chi connectivity index (χ3n) is 5.45. The molecule has 0 spiro atoms. The molecule has 0 saturated carbocycles. The van der Waals surface area contributed by atoms with Crippen LogP contribution in [0, 0.1) is 0 Å². The minimum Gasteiger partial charge on any atom is -0.496 e. The molecule has 0 bridgehead atoms. The van der Waals surface area contributed by atoms with Crippen molar-refractivity contribution in [1.29, 1.82) is 0 Å². The van der Waals surface area contributed by atoms with Gasteiger partial charge < -0.3 is 15.0 Å². The number of nitrogens with zero attached hydrogens (tertiary/aromatic N) is 3. The molecule has 2 amide bonds. The number of benzene rings is 2. The van der Waals surface area contributed by atoms with Gasteiger partial charge in [-0.3, -0.25) is 19.0 Å². The first-order valence-electron chi connectivity index (χ1n) is 10.3. The Morgan fingerprint density at radius 2 is 1.87 bits per heavy atom. The summed E-state index contributed by atoms with van der Waals surface area (Å²) in [5.41, 5.74) is 1.04. The van der Waals surface area contributed by atoms with Crippen LogP contribution in [0.25, 0.3) is 10.9 Å². The van der Waals surface area contributed by atoms with Crippen molar-refractivity contribution >= 4 is 28.4 Å². The zero-order valence-corrected chi connectivity index (χ0v) is 17.3. The molecule has 2 aromatic carbocycles. The van der Waals surface area contributed by atoms with Gasteiger partial charge in [-0.25, -0.2) is 4.98 Å². The van der Waals surface area contributed by atoms with Gasteiger partial charge in [-0.2, -0.15) is 0 Å². The summed E-state index contributed by atoms with van der Waals surface area (Å²) in [5, 5.41) is 3.13. The monoisotopic (exact) mass is 420 g/mol. The Morgan fingerprint density at radius 1 is 1.10 bits per heavy atom. The Kier molecular flexibility index (Phi) is 5.97. The molecule has 0 radical (unpaired) electrons. The maximum atomic E-state index is 13.0. The van der Waals surface area contributed by atoms with Crippen molar-refractivity contribution < 1.29 is 14.3 Å². The Bertz CT molecular complexity index is 1180. The first-order chi connectivity index (χ1) is 15.1. The van der Waals surface area contributed by atoms with Crippen LogP contribution in [0.2, 0.25) is 0 Å². The van der Waals surface area contributed by atoms with Gasteiger partial charge in [0.15, 0.2) is 0 Å². The molecule has 0 atom stereocenters. The predicted octanol–water partition coefficient (Wildman–Crippen LogP) is 2.67. The molecule has 31 heavy (non-hydrogen) atoms. The number of aromatic nitrogens is 2. The lowest BCUT2D eigenvalue weighted by atomic mass is 10.1. The Balaban J connectivity index is 1.58. The highest BCUT2D eigenvalue weighted by molar-refractivity contribution is 6.06. The molecule has 8 heteroatoms. The fourth-order valence-electron chi connectivity index (χ4n) is 3.77. The number of para-hydroxylation sites is 1. The third-order valence-corrected chi connectivity index (χ3v) is 5.45. The lowest BCUT2D eigenvalue weighted by molar-refractivity contribution is -0.132. The van der Waals surface area contributed by atoms with Gasteiger partial charge in [0.2, 0.25) is 5.91 Å². The zero-order valence-electron chi connectivity index (χ0n) is 17.3. The van der Waals surface area contributed by atoms with Crippen molar-refractivity contribution in [1.82, 2.24) is 14.5 Å². The van der Waals surface area contributed by atoms with E-state index in [1.54, 1.807) is 47.4 Å². The van der Waals surface area contributed by atoms with Gasteiger partial charge in [0.25, 0.3) is 11.5 Å². The molecule has 160 valence electrons. The molecule has 0 unspecified atom stereocenters. The summed E-state index contributed by atoms with van der Waals surface area (Å²) >= 11 is 0. The van der Waals surface area contributed by atoms with E-state index in [1.165, 1.54) is 18.0 Å². The number of hydrogen-bond acceptors (Lipinski definition) is 5. The van der Waals surface area contributed by atoms with Gasteiger partial charge >= 0.3 is 0 Å². The second kappa shape index (κ2) is 8.99. The van der Waals surface area contributed by atoms with Crippen molar-refractivity contribution in [2.24, 2.45) is 0 Å². The van der Waals surface area contributed by atoms with Crippen LogP contribution in [0.4, 0.5) is 5.69 Å². The SMILES string of the molecule is COc1ccccc1C(=O)Nc1ccc2ncn(CC(=O)N3CCCCC3)c(=O)c2c1. The molecule has 4 rings (SSSR count). The molecule has 1 saturated heterocycles. The summed E-state index contributed by atoms with van der Waals surface area (Å²) in [6, 6.07) is 11.8. The van der Waals surface area contributed by atoms with E-state index in [0.29, 0.717) is 27.9 Å². The molecule has 1 aliphatic rings. The molecule has 8 nitrogen and oxygen atoms in total. The average molecular weight is 420 g/mol. The number of piperidine rings is 1. The normalized spacial score (nSPS) is 13.8. The number of nitrogens with one attached hydrogen (secondary N) is 1. The van der Waals surface area contributed by atoms with E-state index in [2.05, 4.69) is 10.3 Å². The number of ether oxygens (including phenoxy) is 1. The van der Waals surface area contributed by atoms with Gasteiger partial charge in [-0.15, -0.1) is 0 Å². The summed E-state index contributed by atoms with van der Waals surface area (Å²) in [5.74, 6) is 0.0332. The topological polar surface area (TPSA) is 93.5 Å². The van der Waals surface area contributed by atoms with Gasteiger partial charge in [0, 0.05) is 18.8 Å². The highest BCUT2D eigenvalue weighted by atomic mass is 16.5. The average Bonchev–Trinajstić information content (AvgIpc) is 2.81. The van der Waals surface area contributed by atoms with Crippen LogP contribution >= 0.6 is 0 Å². The predicted molar refractivity (Wildman–Crippen MR) is 117 cm³/mol. The van der Waals surface area contributed by atoms with E-state index >= 15 is 0 Å². The van der Waals surface area contributed by atoms with Crippen molar-refractivity contribution in [3.05, 3.63) is 64.7 Å². The highest BCUT2D eigenvalue weighted by Crippen LogP contribution is 2.20. The largest absolute Gasteiger partial charge is 0.496 e. The number of carbonyl (C=O) groups is 2. The number of carbonyl (C=O) groups excluding carboxylic acids is 2. The second-order valence-electron chi connectivity index (χ2n) is 7.51. The molecular formula is C23H24N4O4. The Morgan fingerprint density at radius 3 is 2.65 bits per heavy atom. The number of hydrogen-bond donors (Lipinski definition) is 1. The number of methoxy groups -OCH3 is 1. The van der Waals surface area contributed by atoms with Crippen molar-refractivity contribution in [3.8, 4) is 5.75 Å². The minimum absolute atomic E-state index is 0.0421. The van der Waals surface area contributed by atoms with E-state index in [4.69, 9.17) is 4.74 Å². The molecule has 1 N–H and O–H groups in total. The van der Waals surface area contributed by atoms with E-state index in [9.17, 15) is 14.4 Å². The van der Waals surface area contributed by atoms with Crippen LogP contribution in [0.5, 0.6) is 5.75 Å². The molecule has 3 aromatic rings. The fraction of sp³-hybridized carbons (Fsp3) is 0.304. The van der Waals surface area contributed by atoms with Crippen molar-refractivity contribution in [2.75, 3.05) is 25.5 Å². The molecule has 1 aromatic heterocycles. The smallest absolute Gasteiger partial charge is 0.261 e. The molecular weight excluding hydrogens is 396 g/mol. The maximum absolute atomic E-state index is 13.0. The maximum Gasteiger partial charge on any atom is 0.261 e. The number of likely N-dealkylation sites (tertiary alicyclic amines) is 1. The second-order valence-corrected chi connectivity index (χ2v) is 7.51. The van der Waals surface area contributed by atoms with Crippen molar-refractivity contribution in [2.45, 2.75) is 25.8 Å². The van der Waals surface area contributed by atoms with Crippen LogP contribution in [0.1, 0.15) is 29.6 Å². The van der Waals surface area contributed by atoms with Crippen LogP contribution in [0.3, 0.4) is 0 Å². The highest BCUT2D eigenvalue weighted by Gasteiger charge is 2.18. The Labute approximate surface area is 179 Å². The fourth-order valence-corrected chi connectivity index (χ4v) is 3.77. The molecule has 1 aliphatic heterocycles. The van der Waals surface area contributed by atoms with Gasteiger partial charge in [0.05, 0.1) is 29.9 Å². The lowest BCUT2D eigenvalue weighted by Gasteiger charge is -2.26. The standard InChI is InChI=1S/C23H24N4O4/c1-31-20-8-4-3-7-17(20)22(29)25-16-9-10-19-18(13-16)23(30)27(15-24-19)14-21(28)26-11-5-2-6-12-26/h3-4,7-10,13,15H,2,5-6,11-12,14H2,1H3,(H,25,29). The van der Waals surface area contributed by atoms with Gasteiger partial charge in [-0.05, 0) is 49.6 Å². The van der Waals surface area contributed by atoms with Crippen LogP contribution in [-0.2, 0) is 11.3 Å². The van der Waals surface area contributed by atoms with Crippen molar-refractivity contribution in [3.63, 3.8) is 0 Å². The van der Waals surface area contributed by atoms with E-state index in [1.807, 2.05) is 0 Å². The van der Waals surface area contributed by atoms with Crippen LogP contribution in [0.15, 0.2) is 53.6 Å². The first kappa shape index (κ1) is 20.6. The number of fused-ring (bicyclic) bond motifs is 1. The van der Waals surface area contributed by atoms with E-state index in [-0.39, 0.29) is 23.9 Å². The Hall–Kier alpha value is -3.68. The van der Waals surface area contributed by atoms with E-state index in [0.717, 1.165) is 32.4 Å². The summed E-state index contributed by atoms with van der Waals surface area (Å²) < 4.78 is 6.56. The molecule has 0 aliphatic carbocycles. The number of amides is 2. The summed E-state index contributed by atoms with van der Waals surface area (Å²) in [7, 11) is 1.50. The summed E-state index contributed by atoms with van der Waals surface area (Å²) in [4.78, 5) is 44.3.